The number of hydrogen-bond acceptors (Lipinski definition) is 4. The molecule has 0 saturated carbocycles. The minimum atomic E-state index is -3.61. The molecule has 0 bridgehead atoms. The van der Waals surface area contributed by atoms with Crippen LogP contribution >= 0.6 is 0 Å². The molecule has 4 rings (SSSR count). The summed E-state index contributed by atoms with van der Waals surface area (Å²) >= 11 is 0. The molecule has 0 aliphatic carbocycles. The monoisotopic (exact) mass is 406 g/mol. The minimum Gasteiger partial charge on any atom is -0.326 e. The van der Waals surface area contributed by atoms with Gasteiger partial charge in [-0.15, -0.1) is 0 Å². The van der Waals surface area contributed by atoms with Gasteiger partial charge in [0.1, 0.15) is 0 Å². The molecule has 0 atom stereocenters. The second kappa shape index (κ2) is 7.71. The predicted molar refractivity (Wildman–Crippen MR) is 105 cm³/mol. The van der Waals surface area contributed by atoms with Gasteiger partial charge in [-0.05, 0) is 49.4 Å². The molecule has 9 heteroatoms. The number of piperazine rings is 1. The van der Waals surface area contributed by atoms with Crippen LogP contribution in [0.15, 0.2) is 23.1 Å². The highest BCUT2D eigenvalue weighted by Crippen LogP contribution is 2.27. The third kappa shape index (κ3) is 3.73. The number of hydrogen-bond donors (Lipinski definition) is 1. The number of carbonyl (C=O) groups is 2. The Hall–Kier alpha value is -2.13. The molecule has 152 valence electrons. The van der Waals surface area contributed by atoms with Crippen LogP contribution in [0.5, 0.6) is 0 Å². The van der Waals surface area contributed by atoms with Crippen molar-refractivity contribution < 1.29 is 18.0 Å². The number of anilines is 1. The number of likely N-dealkylation sites (tertiary alicyclic amines) is 1. The molecule has 8 nitrogen and oxygen atoms in total. The van der Waals surface area contributed by atoms with Crippen LogP contribution in [0, 0.1) is 0 Å². The maximum absolute atomic E-state index is 13.0. The van der Waals surface area contributed by atoms with Gasteiger partial charge in [0.05, 0.1) is 4.90 Å². The molecule has 3 heterocycles. The maximum Gasteiger partial charge on any atom is 0.320 e. The number of nitrogens with one attached hydrogen (secondary N) is 1. The van der Waals surface area contributed by atoms with E-state index >= 15 is 0 Å². The van der Waals surface area contributed by atoms with Gasteiger partial charge in [0, 0.05) is 51.4 Å². The Balaban J connectivity index is 1.42. The summed E-state index contributed by atoms with van der Waals surface area (Å²) in [4.78, 5) is 28.0. The number of rotatable bonds is 2. The van der Waals surface area contributed by atoms with Gasteiger partial charge in [0.2, 0.25) is 15.9 Å². The van der Waals surface area contributed by atoms with E-state index in [2.05, 4.69) is 5.32 Å². The van der Waals surface area contributed by atoms with Gasteiger partial charge < -0.3 is 15.1 Å². The Morgan fingerprint density at radius 3 is 2.29 bits per heavy atom. The molecule has 1 aromatic rings. The van der Waals surface area contributed by atoms with Gasteiger partial charge in [-0.2, -0.15) is 4.31 Å². The standard InChI is InChI=1S/C19H26N4O4S/c24-18-7-4-15-14-16(5-6-17(15)20-18)28(26,27)23-12-10-22(11-13-23)19(25)21-8-2-1-3-9-21/h5-6,14H,1-4,7-13H2,(H,20,24). The van der Waals surface area contributed by atoms with Crippen molar-refractivity contribution in [2.24, 2.45) is 0 Å². The van der Waals surface area contributed by atoms with Gasteiger partial charge >= 0.3 is 6.03 Å². The van der Waals surface area contributed by atoms with Crippen molar-refractivity contribution in [1.29, 1.82) is 0 Å². The zero-order valence-corrected chi connectivity index (χ0v) is 16.7. The van der Waals surface area contributed by atoms with Crippen LogP contribution in [0.1, 0.15) is 31.2 Å². The van der Waals surface area contributed by atoms with E-state index < -0.39 is 10.0 Å². The topological polar surface area (TPSA) is 90.0 Å². The number of nitrogens with zero attached hydrogens (tertiary/aromatic N) is 3. The van der Waals surface area contributed by atoms with Crippen LogP contribution in [0.4, 0.5) is 10.5 Å². The zero-order chi connectivity index (χ0) is 19.7. The summed E-state index contributed by atoms with van der Waals surface area (Å²) in [5.41, 5.74) is 1.53. The molecule has 28 heavy (non-hydrogen) atoms. The van der Waals surface area contributed by atoms with Gasteiger partial charge in [-0.1, -0.05) is 0 Å². The van der Waals surface area contributed by atoms with Crippen molar-refractivity contribution in [3.05, 3.63) is 23.8 Å². The minimum absolute atomic E-state index is 0.0290. The van der Waals surface area contributed by atoms with Crippen molar-refractivity contribution in [2.45, 2.75) is 37.0 Å². The van der Waals surface area contributed by atoms with Gasteiger partial charge in [0.25, 0.3) is 0 Å². The van der Waals surface area contributed by atoms with Gasteiger partial charge in [-0.25, -0.2) is 13.2 Å². The normalized spacial score (nSPS) is 21.2. The summed E-state index contributed by atoms with van der Waals surface area (Å²) in [6, 6.07) is 4.90. The molecule has 2 fully saturated rings. The van der Waals surface area contributed by atoms with Crippen LogP contribution in [0.3, 0.4) is 0 Å². The van der Waals surface area contributed by atoms with Crippen LogP contribution in [-0.4, -0.2) is 73.7 Å². The lowest BCUT2D eigenvalue weighted by Crippen LogP contribution is -2.54. The van der Waals surface area contributed by atoms with E-state index in [1.54, 1.807) is 23.1 Å². The Bertz CT molecular complexity index is 872. The molecule has 0 spiro atoms. The van der Waals surface area contributed by atoms with Crippen molar-refractivity contribution in [3.8, 4) is 0 Å². The number of fused-ring (bicyclic) bond motifs is 1. The van der Waals surface area contributed by atoms with Crippen LogP contribution < -0.4 is 5.32 Å². The lowest BCUT2D eigenvalue weighted by molar-refractivity contribution is -0.116. The third-order valence-electron chi connectivity index (χ3n) is 5.75. The summed E-state index contributed by atoms with van der Waals surface area (Å²) in [5, 5.41) is 2.77. The van der Waals surface area contributed by atoms with Gasteiger partial charge in [0.15, 0.2) is 0 Å². The highest BCUT2D eigenvalue weighted by atomic mass is 32.2. The van der Waals surface area contributed by atoms with E-state index in [-0.39, 0.29) is 16.8 Å². The first kappa shape index (κ1) is 19.2. The predicted octanol–water partition coefficient (Wildman–Crippen LogP) is 1.48. The molecule has 0 radical (unpaired) electrons. The average Bonchev–Trinajstić information content (AvgIpc) is 2.73. The van der Waals surface area contributed by atoms with E-state index in [0.717, 1.165) is 31.5 Å². The molecule has 0 aromatic heterocycles. The summed E-state index contributed by atoms with van der Waals surface area (Å²) < 4.78 is 27.5. The highest BCUT2D eigenvalue weighted by molar-refractivity contribution is 7.89. The molecule has 1 aromatic carbocycles. The lowest BCUT2D eigenvalue weighted by atomic mass is 10.0. The summed E-state index contributed by atoms with van der Waals surface area (Å²) in [6.45, 7) is 3.02. The number of carbonyl (C=O) groups excluding carboxylic acids is 2. The summed E-state index contributed by atoms with van der Waals surface area (Å²) in [7, 11) is -3.61. The summed E-state index contributed by atoms with van der Waals surface area (Å²) in [5.74, 6) is -0.0439. The second-order valence-electron chi connectivity index (χ2n) is 7.59. The molecule has 1 N–H and O–H groups in total. The Morgan fingerprint density at radius 1 is 0.893 bits per heavy atom. The smallest absolute Gasteiger partial charge is 0.320 e. The molecule has 3 aliphatic heterocycles. The van der Waals surface area contributed by atoms with Crippen LogP contribution in [-0.2, 0) is 21.2 Å². The molecule has 2 saturated heterocycles. The van der Waals surface area contributed by atoms with Crippen LogP contribution in [0.25, 0.3) is 0 Å². The van der Waals surface area contributed by atoms with E-state index in [1.807, 2.05) is 4.90 Å². The fourth-order valence-corrected chi connectivity index (χ4v) is 5.55. The van der Waals surface area contributed by atoms with E-state index in [0.29, 0.717) is 44.7 Å². The number of amides is 3. The van der Waals surface area contributed by atoms with Gasteiger partial charge in [-0.3, -0.25) is 4.79 Å². The van der Waals surface area contributed by atoms with Crippen molar-refractivity contribution in [2.75, 3.05) is 44.6 Å². The zero-order valence-electron chi connectivity index (χ0n) is 15.9. The SMILES string of the molecule is O=C1CCc2cc(S(=O)(=O)N3CCN(C(=O)N4CCCCC4)CC3)ccc2N1. The molecule has 3 amide bonds. The largest absolute Gasteiger partial charge is 0.326 e. The average molecular weight is 407 g/mol. The number of sulfonamides is 1. The first-order valence-corrected chi connectivity index (χ1v) is 11.4. The Morgan fingerprint density at radius 2 is 1.57 bits per heavy atom. The van der Waals surface area contributed by atoms with E-state index in [4.69, 9.17) is 0 Å². The third-order valence-corrected chi connectivity index (χ3v) is 7.64. The fourth-order valence-electron chi connectivity index (χ4n) is 4.07. The van der Waals surface area contributed by atoms with E-state index in [1.165, 1.54) is 10.7 Å². The van der Waals surface area contributed by atoms with Crippen molar-refractivity contribution >= 4 is 27.6 Å². The van der Waals surface area contributed by atoms with Crippen molar-refractivity contribution in [1.82, 2.24) is 14.1 Å². The Kier molecular flexibility index (Phi) is 5.29. The van der Waals surface area contributed by atoms with Crippen molar-refractivity contribution in [3.63, 3.8) is 0 Å². The second-order valence-corrected chi connectivity index (χ2v) is 9.53. The quantitative estimate of drug-likeness (QED) is 0.806. The number of benzene rings is 1. The van der Waals surface area contributed by atoms with Crippen LogP contribution in [0.2, 0.25) is 0 Å². The lowest BCUT2D eigenvalue weighted by Gasteiger charge is -2.38. The molecular formula is C19H26N4O4S. The summed E-state index contributed by atoms with van der Waals surface area (Å²) in [6.07, 6.45) is 4.16. The number of piperidine rings is 1. The number of aryl methyl sites for hydroxylation is 1. The molecule has 3 aliphatic rings. The molecule has 0 unspecified atom stereocenters. The number of urea groups is 1. The molecular weight excluding hydrogens is 380 g/mol. The first-order valence-electron chi connectivity index (χ1n) is 9.92. The van der Waals surface area contributed by atoms with E-state index in [9.17, 15) is 18.0 Å². The highest BCUT2D eigenvalue weighted by Gasteiger charge is 2.32. The maximum atomic E-state index is 13.0. The fraction of sp³-hybridized carbons (Fsp3) is 0.579. The Labute approximate surface area is 165 Å². The first-order chi connectivity index (χ1) is 13.4.